The highest BCUT2D eigenvalue weighted by Gasteiger charge is 2.44. The Kier molecular flexibility index (Phi) is 37.8. The van der Waals surface area contributed by atoms with Gasteiger partial charge in [-0.3, -0.25) is 9.59 Å². The first kappa shape index (κ1) is 55.7. The number of aliphatic hydroxyl groups is 4. The van der Waals surface area contributed by atoms with E-state index < -0.39 is 55.4 Å². The summed E-state index contributed by atoms with van der Waals surface area (Å²) in [5, 5.41) is 40.1. The summed E-state index contributed by atoms with van der Waals surface area (Å²) in [6.07, 6.45) is 41.2. The molecule has 1 heterocycles. The first-order valence-electron chi connectivity index (χ1n) is 24.2. The molecule has 0 aromatic carbocycles. The molecule has 348 valence electrons. The van der Waals surface area contributed by atoms with Crippen LogP contribution in [0.2, 0.25) is 0 Å². The van der Waals surface area contributed by atoms with Crippen molar-refractivity contribution < 1.29 is 49.0 Å². The minimum absolute atomic E-state index is 0.223. The van der Waals surface area contributed by atoms with E-state index >= 15 is 0 Å². The van der Waals surface area contributed by atoms with Gasteiger partial charge in [0.1, 0.15) is 31.0 Å². The molecular formula is C50H88O10. The van der Waals surface area contributed by atoms with Crippen molar-refractivity contribution in [1.82, 2.24) is 0 Å². The van der Waals surface area contributed by atoms with Crippen LogP contribution in [0.4, 0.5) is 0 Å². The van der Waals surface area contributed by atoms with Crippen molar-refractivity contribution in [3.05, 3.63) is 48.6 Å². The fourth-order valence-electron chi connectivity index (χ4n) is 7.18. The maximum atomic E-state index is 12.8. The summed E-state index contributed by atoms with van der Waals surface area (Å²) in [7, 11) is 0. The molecule has 0 aliphatic carbocycles. The number of allylic oxidation sites excluding steroid dienone is 8. The molecule has 2 unspecified atom stereocenters. The maximum Gasteiger partial charge on any atom is 0.306 e. The van der Waals surface area contributed by atoms with E-state index in [1.165, 1.54) is 103 Å². The average Bonchev–Trinajstić information content (AvgIpc) is 3.25. The van der Waals surface area contributed by atoms with E-state index in [0.29, 0.717) is 12.8 Å². The number of hydrogen-bond donors (Lipinski definition) is 4. The van der Waals surface area contributed by atoms with Gasteiger partial charge in [0.25, 0.3) is 0 Å². The minimum Gasteiger partial charge on any atom is -0.462 e. The van der Waals surface area contributed by atoms with E-state index in [-0.39, 0.29) is 26.1 Å². The summed E-state index contributed by atoms with van der Waals surface area (Å²) in [5.41, 5.74) is 0. The summed E-state index contributed by atoms with van der Waals surface area (Å²) in [6, 6.07) is 0. The van der Waals surface area contributed by atoms with Crippen LogP contribution in [-0.2, 0) is 28.5 Å². The van der Waals surface area contributed by atoms with E-state index in [4.69, 9.17) is 18.9 Å². The number of rotatable bonds is 40. The van der Waals surface area contributed by atoms with Crippen molar-refractivity contribution in [3.8, 4) is 0 Å². The first-order valence-corrected chi connectivity index (χ1v) is 24.2. The van der Waals surface area contributed by atoms with Gasteiger partial charge in [0.05, 0.1) is 13.2 Å². The molecule has 0 aromatic heterocycles. The summed E-state index contributed by atoms with van der Waals surface area (Å²) >= 11 is 0. The van der Waals surface area contributed by atoms with Crippen LogP contribution in [0.1, 0.15) is 200 Å². The van der Waals surface area contributed by atoms with Crippen LogP contribution in [0.25, 0.3) is 0 Å². The molecule has 1 aliphatic rings. The van der Waals surface area contributed by atoms with Gasteiger partial charge in [0, 0.05) is 12.8 Å². The third-order valence-corrected chi connectivity index (χ3v) is 11.0. The maximum absolute atomic E-state index is 12.8. The van der Waals surface area contributed by atoms with Crippen molar-refractivity contribution in [2.24, 2.45) is 0 Å². The van der Waals surface area contributed by atoms with Gasteiger partial charge in [-0.2, -0.15) is 0 Å². The Morgan fingerprint density at radius 2 is 0.983 bits per heavy atom. The van der Waals surface area contributed by atoms with Crippen LogP contribution in [0.15, 0.2) is 48.6 Å². The van der Waals surface area contributed by atoms with Crippen LogP contribution >= 0.6 is 0 Å². The summed E-state index contributed by atoms with van der Waals surface area (Å²) in [4.78, 5) is 25.4. The van der Waals surface area contributed by atoms with Crippen LogP contribution < -0.4 is 0 Å². The first-order chi connectivity index (χ1) is 29.3. The number of unbranched alkanes of at least 4 members (excludes halogenated alkanes) is 21. The quantitative estimate of drug-likeness (QED) is 0.0266. The number of carbonyl (C=O) groups excluding carboxylic acids is 2. The van der Waals surface area contributed by atoms with Crippen molar-refractivity contribution in [2.75, 3.05) is 19.8 Å². The molecule has 60 heavy (non-hydrogen) atoms. The zero-order valence-electron chi connectivity index (χ0n) is 37.9. The number of ether oxygens (including phenoxy) is 4. The van der Waals surface area contributed by atoms with Gasteiger partial charge in [-0.15, -0.1) is 0 Å². The van der Waals surface area contributed by atoms with E-state index in [1.54, 1.807) is 0 Å². The van der Waals surface area contributed by atoms with Crippen LogP contribution in [-0.4, -0.2) is 89.0 Å². The van der Waals surface area contributed by atoms with Gasteiger partial charge >= 0.3 is 11.9 Å². The van der Waals surface area contributed by atoms with Crippen LogP contribution in [0, 0.1) is 0 Å². The zero-order chi connectivity index (χ0) is 43.7. The van der Waals surface area contributed by atoms with Crippen molar-refractivity contribution in [1.29, 1.82) is 0 Å². The van der Waals surface area contributed by atoms with E-state index in [9.17, 15) is 30.0 Å². The highest BCUT2D eigenvalue weighted by atomic mass is 16.7. The van der Waals surface area contributed by atoms with Crippen LogP contribution in [0.3, 0.4) is 0 Å². The lowest BCUT2D eigenvalue weighted by molar-refractivity contribution is -0.305. The fourth-order valence-corrected chi connectivity index (χ4v) is 7.18. The topological polar surface area (TPSA) is 152 Å². The third-order valence-electron chi connectivity index (χ3n) is 11.0. The lowest BCUT2D eigenvalue weighted by atomic mass is 9.99. The smallest absolute Gasteiger partial charge is 0.306 e. The fraction of sp³-hybridized carbons (Fsp3) is 0.800. The molecule has 1 rings (SSSR count). The SMILES string of the molecule is CC/C=C/C/C=C/C/C=C/C/C=C/CCCCC(=O)OC[C@H](CO[C@@H]1O[C@H](CO)[C@H](O)C(O)C1O)OC(=O)CCCCCCCCCCCCCCCCCCCCCC. The van der Waals surface area contributed by atoms with Gasteiger partial charge in [-0.05, 0) is 51.4 Å². The van der Waals surface area contributed by atoms with Gasteiger partial charge in [-0.25, -0.2) is 0 Å². The predicted molar refractivity (Wildman–Crippen MR) is 242 cm³/mol. The second kappa shape index (κ2) is 40.7. The molecule has 1 aliphatic heterocycles. The van der Waals surface area contributed by atoms with Gasteiger partial charge < -0.3 is 39.4 Å². The van der Waals surface area contributed by atoms with Crippen molar-refractivity contribution in [2.45, 2.75) is 237 Å². The largest absolute Gasteiger partial charge is 0.462 e. The minimum atomic E-state index is -1.60. The normalized spacial score (nSPS) is 20.3. The van der Waals surface area contributed by atoms with Crippen LogP contribution in [0.5, 0.6) is 0 Å². The molecule has 10 heteroatoms. The van der Waals surface area contributed by atoms with E-state index in [2.05, 4.69) is 62.5 Å². The summed E-state index contributed by atoms with van der Waals surface area (Å²) in [6.45, 7) is 3.28. The summed E-state index contributed by atoms with van der Waals surface area (Å²) < 4.78 is 22.2. The lowest BCUT2D eigenvalue weighted by Gasteiger charge is -2.39. The third kappa shape index (κ3) is 31.5. The Balaban J connectivity index is 2.30. The molecule has 6 atom stereocenters. The van der Waals surface area contributed by atoms with E-state index in [1.807, 2.05) is 0 Å². The van der Waals surface area contributed by atoms with E-state index in [0.717, 1.165) is 57.8 Å². The van der Waals surface area contributed by atoms with Crippen molar-refractivity contribution >= 4 is 11.9 Å². The molecule has 1 fully saturated rings. The molecule has 0 spiro atoms. The number of aliphatic hydroxyl groups excluding tert-OH is 4. The Morgan fingerprint density at radius 1 is 0.533 bits per heavy atom. The Hall–Kier alpha value is -2.34. The molecule has 0 bridgehead atoms. The molecule has 0 saturated carbocycles. The molecule has 10 nitrogen and oxygen atoms in total. The highest BCUT2D eigenvalue weighted by Crippen LogP contribution is 2.23. The predicted octanol–water partition coefficient (Wildman–Crippen LogP) is 10.8. The standard InChI is InChI=1S/C50H88O10/c1-3-5-7-9-11-13-15-17-19-20-21-22-23-25-27-29-31-33-35-37-39-46(53)59-43(42-58-50-49(56)48(55)47(54)44(40-51)60-50)41-57-45(52)38-36-34-32-30-28-26-24-18-16-14-12-10-8-6-4-2/h6,8,12,14,18,24,28,30,43-44,47-51,54-56H,3-5,7,9-11,13,15-17,19-23,25-27,29,31-42H2,1-2H3/b8-6+,14-12+,24-18+,30-28+/t43-,44-,47+,48?,49?,50-/m1/s1. The number of hydrogen-bond acceptors (Lipinski definition) is 10. The lowest BCUT2D eigenvalue weighted by Crippen LogP contribution is -2.59. The van der Waals surface area contributed by atoms with Gasteiger partial charge in [0.2, 0.25) is 0 Å². The Morgan fingerprint density at radius 3 is 1.48 bits per heavy atom. The van der Waals surface area contributed by atoms with Gasteiger partial charge in [-0.1, -0.05) is 184 Å². The second-order valence-electron chi connectivity index (χ2n) is 16.5. The molecule has 0 aromatic rings. The Bertz CT molecular complexity index is 1120. The number of carbonyl (C=O) groups is 2. The summed E-state index contributed by atoms with van der Waals surface area (Å²) in [5.74, 6) is -0.850. The van der Waals surface area contributed by atoms with Crippen molar-refractivity contribution in [3.63, 3.8) is 0 Å². The zero-order valence-corrected chi connectivity index (χ0v) is 37.9. The van der Waals surface area contributed by atoms with Gasteiger partial charge in [0.15, 0.2) is 12.4 Å². The average molecular weight is 849 g/mol. The molecule has 0 amide bonds. The molecule has 0 radical (unpaired) electrons. The number of esters is 2. The monoisotopic (exact) mass is 849 g/mol. The molecule has 4 N–H and O–H groups in total. The molecular weight excluding hydrogens is 761 g/mol. The Labute approximate surface area is 365 Å². The highest BCUT2D eigenvalue weighted by molar-refractivity contribution is 5.70. The molecule has 1 saturated heterocycles. The second-order valence-corrected chi connectivity index (χ2v) is 16.5.